The summed E-state index contributed by atoms with van der Waals surface area (Å²) in [6.07, 6.45) is 6.96. The number of pyridine rings is 1. The first kappa shape index (κ1) is 15.6. The van der Waals surface area contributed by atoms with Crippen LogP contribution in [0.25, 0.3) is 0 Å². The van der Waals surface area contributed by atoms with Crippen LogP contribution in [0.2, 0.25) is 0 Å². The minimum absolute atomic E-state index is 0.186. The first-order valence-electron chi connectivity index (χ1n) is 6.62. The molecule has 21 heavy (non-hydrogen) atoms. The Morgan fingerprint density at radius 1 is 1.38 bits per heavy atom. The third-order valence-corrected chi connectivity index (χ3v) is 4.79. The molecule has 0 aliphatic rings. The van der Waals surface area contributed by atoms with Crippen molar-refractivity contribution < 1.29 is 8.42 Å². The molecule has 0 amide bonds. The molecule has 0 spiro atoms. The minimum Gasteiger partial charge on any atom is -0.330 e. The van der Waals surface area contributed by atoms with Crippen LogP contribution < -0.4 is 5.73 Å². The molecule has 0 radical (unpaired) electrons. The Morgan fingerprint density at radius 3 is 2.86 bits per heavy atom. The standard InChI is InChI=1S/C13H19N5O2S/c1-17(10-12-4-2-6-15-8-12)21(19,20)13-9-16-18(11-13)7-3-5-14/h2,4,6,8-9,11H,3,5,7,10,14H2,1H3. The van der Waals surface area contributed by atoms with E-state index in [0.29, 0.717) is 13.1 Å². The van der Waals surface area contributed by atoms with Gasteiger partial charge in [-0.15, -0.1) is 0 Å². The molecule has 0 fully saturated rings. The van der Waals surface area contributed by atoms with E-state index >= 15 is 0 Å². The summed E-state index contributed by atoms with van der Waals surface area (Å²) in [6.45, 7) is 1.42. The van der Waals surface area contributed by atoms with Crippen molar-refractivity contribution in [1.82, 2.24) is 19.1 Å². The molecule has 0 aliphatic heterocycles. The third kappa shape index (κ3) is 3.87. The smallest absolute Gasteiger partial charge is 0.246 e. The summed E-state index contributed by atoms with van der Waals surface area (Å²) in [7, 11) is -2.01. The van der Waals surface area contributed by atoms with Crippen molar-refractivity contribution in [1.29, 1.82) is 0 Å². The number of aromatic nitrogens is 3. The fourth-order valence-electron chi connectivity index (χ4n) is 1.87. The van der Waals surface area contributed by atoms with Gasteiger partial charge >= 0.3 is 0 Å². The first-order valence-corrected chi connectivity index (χ1v) is 8.06. The van der Waals surface area contributed by atoms with E-state index in [0.717, 1.165) is 12.0 Å². The zero-order chi connectivity index (χ0) is 15.3. The number of hydrogen-bond acceptors (Lipinski definition) is 5. The zero-order valence-electron chi connectivity index (χ0n) is 11.9. The second-order valence-corrected chi connectivity index (χ2v) is 6.75. The zero-order valence-corrected chi connectivity index (χ0v) is 12.7. The van der Waals surface area contributed by atoms with E-state index in [-0.39, 0.29) is 11.4 Å². The van der Waals surface area contributed by atoms with Crippen LogP contribution in [0.1, 0.15) is 12.0 Å². The largest absolute Gasteiger partial charge is 0.330 e. The summed E-state index contributed by atoms with van der Waals surface area (Å²) in [5.41, 5.74) is 6.26. The predicted molar refractivity (Wildman–Crippen MR) is 78.8 cm³/mol. The van der Waals surface area contributed by atoms with Crippen molar-refractivity contribution in [2.45, 2.75) is 24.4 Å². The van der Waals surface area contributed by atoms with Crippen LogP contribution in [-0.4, -0.2) is 41.1 Å². The Labute approximate surface area is 124 Å². The van der Waals surface area contributed by atoms with Crippen molar-refractivity contribution in [3.8, 4) is 0 Å². The highest BCUT2D eigenvalue weighted by molar-refractivity contribution is 7.89. The molecular formula is C13H19N5O2S. The number of sulfonamides is 1. The molecule has 2 heterocycles. The van der Waals surface area contributed by atoms with Crippen LogP contribution in [0.4, 0.5) is 0 Å². The SMILES string of the molecule is CN(Cc1cccnc1)S(=O)(=O)c1cnn(CCCN)c1. The van der Waals surface area contributed by atoms with Crippen LogP contribution in [0.15, 0.2) is 41.8 Å². The lowest BCUT2D eigenvalue weighted by molar-refractivity contribution is 0.466. The van der Waals surface area contributed by atoms with E-state index in [1.54, 1.807) is 30.2 Å². The summed E-state index contributed by atoms with van der Waals surface area (Å²) in [5.74, 6) is 0. The van der Waals surface area contributed by atoms with Crippen molar-refractivity contribution in [2.75, 3.05) is 13.6 Å². The molecule has 0 aliphatic carbocycles. The topological polar surface area (TPSA) is 94.1 Å². The number of rotatable bonds is 7. The lowest BCUT2D eigenvalue weighted by atomic mass is 10.3. The molecule has 0 atom stereocenters. The summed E-state index contributed by atoms with van der Waals surface area (Å²) in [4.78, 5) is 4.17. The van der Waals surface area contributed by atoms with Gasteiger partial charge in [-0.1, -0.05) is 6.07 Å². The normalized spacial score (nSPS) is 12.0. The molecule has 114 valence electrons. The Morgan fingerprint density at radius 2 is 2.19 bits per heavy atom. The number of aryl methyl sites for hydroxylation is 1. The maximum absolute atomic E-state index is 12.5. The maximum Gasteiger partial charge on any atom is 0.246 e. The number of nitrogens with two attached hydrogens (primary N) is 1. The predicted octanol–water partition coefficient (Wildman–Crippen LogP) is 0.448. The van der Waals surface area contributed by atoms with Gasteiger partial charge in [0.05, 0.1) is 6.20 Å². The third-order valence-electron chi connectivity index (χ3n) is 3.04. The van der Waals surface area contributed by atoms with E-state index in [4.69, 9.17) is 5.73 Å². The maximum atomic E-state index is 12.5. The number of hydrogen-bond donors (Lipinski definition) is 1. The molecule has 2 N–H and O–H groups in total. The molecule has 2 aromatic rings. The molecule has 0 bridgehead atoms. The van der Waals surface area contributed by atoms with Gasteiger partial charge in [0.1, 0.15) is 4.90 Å². The Kier molecular flexibility index (Phi) is 5.05. The molecule has 8 heteroatoms. The molecule has 2 rings (SSSR count). The Balaban J connectivity index is 2.11. The summed E-state index contributed by atoms with van der Waals surface area (Å²) in [5, 5.41) is 4.05. The van der Waals surface area contributed by atoms with Gasteiger partial charge in [0.15, 0.2) is 0 Å². The summed E-state index contributed by atoms with van der Waals surface area (Å²) >= 11 is 0. The van der Waals surface area contributed by atoms with Gasteiger partial charge in [0, 0.05) is 38.7 Å². The molecule has 0 aromatic carbocycles. The van der Waals surface area contributed by atoms with Crippen LogP contribution in [-0.2, 0) is 23.1 Å². The fraction of sp³-hybridized carbons (Fsp3) is 0.385. The van der Waals surface area contributed by atoms with Crippen molar-refractivity contribution >= 4 is 10.0 Å². The van der Waals surface area contributed by atoms with Crippen molar-refractivity contribution in [3.63, 3.8) is 0 Å². The lowest BCUT2D eigenvalue weighted by Crippen LogP contribution is -2.26. The molecule has 0 saturated heterocycles. The van der Waals surface area contributed by atoms with E-state index < -0.39 is 10.0 Å². The highest BCUT2D eigenvalue weighted by Crippen LogP contribution is 2.15. The molecule has 7 nitrogen and oxygen atoms in total. The first-order chi connectivity index (χ1) is 10.0. The average molecular weight is 309 g/mol. The highest BCUT2D eigenvalue weighted by Gasteiger charge is 2.22. The molecule has 2 aromatic heterocycles. The van der Waals surface area contributed by atoms with E-state index in [2.05, 4.69) is 10.1 Å². The lowest BCUT2D eigenvalue weighted by Gasteiger charge is -2.15. The molecular weight excluding hydrogens is 290 g/mol. The summed E-state index contributed by atoms with van der Waals surface area (Å²) in [6, 6.07) is 3.62. The van der Waals surface area contributed by atoms with Gasteiger partial charge in [-0.3, -0.25) is 9.67 Å². The van der Waals surface area contributed by atoms with Gasteiger partial charge < -0.3 is 5.73 Å². The Hall–Kier alpha value is -1.77. The molecule has 0 unspecified atom stereocenters. The molecule has 0 saturated carbocycles. The second kappa shape index (κ2) is 6.79. The van der Waals surface area contributed by atoms with E-state index in [1.807, 2.05) is 6.07 Å². The monoisotopic (exact) mass is 309 g/mol. The van der Waals surface area contributed by atoms with Crippen LogP contribution in [0.5, 0.6) is 0 Å². The van der Waals surface area contributed by atoms with Crippen LogP contribution >= 0.6 is 0 Å². The van der Waals surface area contributed by atoms with Gasteiger partial charge in [-0.2, -0.15) is 9.40 Å². The van der Waals surface area contributed by atoms with Crippen molar-refractivity contribution in [2.24, 2.45) is 5.73 Å². The minimum atomic E-state index is -3.55. The van der Waals surface area contributed by atoms with Gasteiger partial charge in [0.25, 0.3) is 0 Å². The average Bonchev–Trinajstić information content (AvgIpc) is 2.95. The Bertz CT molecular complexity index is 669. The van der Waals surface area contributed by atoms with Crippen molar-refractivity contribution in [3.05, 3.63) is 42.5 Å². The fourth-order valence-corrected chi connectivity index (χ4v) is 2.98. The second-order valence-electron chi connectivity index (χ2n) is 4.70. The highest BCUT2D eigenvalue weighted by atomic mass is 32.2. The van der Waals surface area contributed by atoms with Crippen LogP contribution in [0, 0.1) is 0 Å². The van der Waals surface area contributed by atoms with Gasteiger partial charge in [0.2, 0.25) is 10.0 Å². The van der Waals surface area contributed by atoms with Crippen LogP contribution in [0.3, 0.4) is 0 Å². The van der Waals surface area contributed by atoms with Gasteiger partial charge in [-0.05, 0) is 24.6 Å². The quantitative estimate of drug-likeness (QED) is 0.801. The van der Waals surface area contributed by atoms with Gasteiger partial charge in [-0.25, -0.2) is 8.42 Å². The van der Waals surface area contributed by atoms with E-state index in [9.17, 15) is 8.42 Å². The number of nitrogens with zero attached hydrogens (tertiary/aromatic N) is 4. The van der Waals surface area contributed by atoms with E-state index in [1.165, 1.54) is 16.7 Å². The summed E-state index contributed by atoms with van der Waals surface area (Å²) < 4.78 is 27.8.